The largest absolute Gasteiger partial charge is 0.478 e. The maximum atomic E-state index is 13.3. The van der Waals surface area contributed by atoms with Crippen LogP contribution >= 0.6 is 0 Å². The molecule has 0 radical (unpaired) electrons. The normalized spacial score (nSPS) is 13.2. The number of alkyl halides is 3. The van der Waals surface area contributed by atoms with Crippen molar-refractivity contribution >= 4 is 16.9 Å². The van der Waals surface area contributed by atoms with Crippen LogP contribution in [0.1, 0.15) is 40.1 Å². The molecule has 0 aliphatic heterocycles. The molecule has 0 bridgehead atoms. The molecule has 1 atom stereocenters. The van der Waals surface area contributed by atoms with Crippen molar-refractivity contribution in [2.24, 2.45) is 0 Å². The first-order valence-corrected chi connectivity index (χ1v) is 7.57. The minimum absolute atomic E-state index is 0.0447. The first-order valence-electron chi connectivity index (χ1n) is 7.57. The van der Waals surface area contributed by atoms with Gasteiger partial charge in [-0.1, -0.05) is 18.2 Å². The van der Waals surface area contributed by atoms with Gasteiger partial charge in [0.2, 0.25) is 0 Å². The average molecular weight is 348 g/mol. The monoisotopic (exact) mass is 348 g/mol. The van der Waals surface area contributed by atoms with E-state index in [1.54, 1.807) is 42.7 Å². The van der Waals surface area contributed by atoms with Crippen LogP contribution in [0.4, 0.5) is 13.2 Å². The zero-order valence-electron chi connectivity index (χ0n) is 13.5. The number of fused-ring (bicyclic) bond motifs is 1. The molecular weight excluding hydrogens is 333 g/mol. The number of pyridine rings is 1. The number of hydrogen-bond acceptors (Lipinski definition) is 2. The topological polar surface area (TPSA) is 55.1 Å². The summed E-state index contributed by atoms with van der Waals surface area (Å²) in [6.07, 6.45) is -2.44. The molecule has 4 nitrogen and oxygen atoms in total. The lowest BCUT2D eigenvalue weighted by Crippen LogP contribution is -2.16. The standard InChI is InChI=1S/C18H15F3N2O2/c1-10(12-7-8-22-9-14(12)18(19,20)21)23-11(2)16(17(24)25)13-5-3-4-6-15(13)23/h3-10H,1-2H3,(H,24,25). The van der Waals surface area contributed by atoms with Gasteiger partial charge in [0, 0.05) is 29.0 Å². The highest BCUT2D eigenvalue weighted by molar-refractivity contribution is 6.05. The summed E-state index contributed by atoms with van der Waals surface area (Å²) in [6, 6.07) is 7.41. The molecule has 0 aliphatic carbocycles. The quantitative estimate of drug-likeness (QED) is 0.748. The molecule has 0 saturated carbocycles. The molecule has 0 amide bonds. The van der Waals surface area contributed by atoms with E-state index in [2.05, 4.69) is 4.98 Å². The van der Waals surface area contributed by atoms with Crippen molar-refractivity contribution in [3.63, 3.8) is 0 Å². The van der Waals surface area contributed by atoms with Crippen molar-refractivity contribution in [1.82, 2.24) is 9.55 Å². The van der Waals surface area contributed by atoms with E-state index in [1.165, 1.54) is 12.3 Å². The predicted octanol–water partition coefficient (Wildman–Crippen LogP) is 4.67. The molecule has 7 heteroatoms. The number of para-hydroxylation sites is 1. The molecule has 3 rings (SSSR count). The van der Waals surface area contributed by atoms with Gasteiger partial charge in [-0.05, 0) is 31.5 Å². The van der Waals surface area contributed by atoms with Crippen LogP contribution in [0, 0.1) is 6.92 Å². The predicted molar refractivity (Wildman–Crippen MR) is 86.7 cm³/mol. The fraction of sp³-hybridized carbons (Fsp3) is 0.222. The number of benzene rings is 1. The summed E-state index contributed by atoms with van der Waals surface area (Å²) < 4.78 is 41.6. The fourth-order valence-corrected chi connectivity index (χ4v) is 3.31. The summed E-state index contributed by atoms with van der Waals surface area (Å²) in [4.78, 5) is 15.2. The SMILES string of the molecule is Cc1c(C(=O)O)c2ccccc2n1C(C)c1ccncc1C(F)(F)F. The molecule has 25 heavy (non-hydrogen) atoms. The van der Waals surface area contributed by atoms with E-state index in [-0.39, 0.29) is 11.1 Å². The van der Waals surface area contributed by atoms with Crippen molar-refractivity contribution in [1.29, 1.82) is 0 Å². The number of hydrogen-bond donors (Lipinski definition) is 1. The second kappa shape index (κ2) is 5.91. The Morgan fingerprint density at radius 2 is 1.92 bits per heavy atom. The van der Waals surface area contributed by atoms with Gasteiger partial charge in [0.15, 0.2) is 0 Å². The van der Waals surface area contributed by atoms with Crippen molar-refractivity contribution in [2.45, 2.75) is 26.1 Å². The van der Waals surface area contributed by atoms with Gasteiger partial charge < -0.3 is 9.67 Å². The van der Waals surface area contributed by atoms with Crippen LogP contribution in [0.2, 0.25) is 0 Å². The number of carboxylic acid groups (broad SMARTS) is 1. The number of rotatable bonds is 3. The Labute approximate surface area is 141 Å². The second-order valence-electron chi connectivity index (χ2n) is 5.79. The molecule has 1 unspecified atom stereocenters. The second-order valence-corrected chi connectivity index (χ2v) is 5.79. The molecule has 1 aromatic carbocycles. The third kappa shape index (κ3) is 2.75. The van der Waals surface area contributed by atoms with Gasteiger partial charge in [0.25, 0.3) is 0 Å². The summed E-state index contributed by atoms with van der Waals surface area (Å²) in [5.74, 6) is -1.11. The van der Waals surface area contributed by atoms with Crippen LogP contribution < -0.4 is 0 Å². The highest BCUT2D eigenvalue weighted by Crippen LogP contribution is 2.38. The summed E-state index contributed by atoms with van der Waals surface area (Å²) in [5.41, 5.74) is 0.311. The molecule has 3 aromatic rings. The first kappa shape index (κ1) is 17.0. The first-order chi connectivity index (χ1) is 11.7. The van der Waals surface area contributed by atoms with E-state index < -0.39 is 23.8 Å². The summed E-state index contributed by atoms with van der Waals surface area (Å²) in [5, 5.41) is 10.0. The average Bonchev–Trinajstić information content (AvgIpc) is 2.85. The maximum absolute atomic E-state index is 13.3. The third-order valence-electron chi connectivity index (χ3n) is 4.37. The van der Waals surface area contributed by atoms with Crippen LogP contribution in [0.5, 0.6) is 0 Å². The van der Waals surface area contributed by atoms with Gasteiger partial charge in [-0.15, -0.1) is 0 Å². The number of carbonyl (C=O) groups is 1. The van der Waals surface area contributed by atoms with Gasteiger partial charge in [-0.2, -0.15) is 13.2 Å². The van der Waals surface area contributed by atoms with Crippen molar-refractivity contribution in [3.05, 3.63) is 65.1 Å². The minimum Gasteiger partial charge on any atom is -0.478 e. The van der Waals surface area contributed by atoms with Crippen LogP contribution in [-0.2, 0) is 6.18 Å². The Hall–Kier alpha value is -2.83. The van der Waals surface area contributed by atoms with Gasteiger partial charge in [0.1, 0.15) is 0 Å². The number of nitrogens with zero attached hydrogens (tertiary/aromatic N) is 2. The third-order valence-corrected chi connectivity index (χ3v) is 4.37. The lowest BCUT2D eigenvalue weighted by Gasteiger charge is -2.22. The van der Waals surface area contributed by atoms with Crippen molar-refractivity contribution in [2.75, 3.05) is 0 Å². The molecule has 0 aliphatic rings. The maximum Gasteiger partial charge on any atom is 0.418 e. The molecular formula is C18H15F3N2O2. The summed E-state index contributed by atoms with van der Waals surface area (Å²) in [6.45, 7) is 3.23. The molecule has 0 saturated heterocycles. The van der Waals surface area contributed by atoms with Gasteiger partial charge in [-0.3, -0.25) is 4.98 Å². The molecule has 2 heterocycles. The molecule has 2 aromatic heterocycles. The van der Waals surface area contributed by atoms with Crippen molar-refractivity contribution < 1.29 is 23.1 Å². The zero-order chi connectivity index (χ0) is 18.4. The zero-order valence-corrected chi connectivity index (χ0v) is 13.5. The van der Waals surface area contributed by atoms with E-state index in [9.17, 15) is 23.1 Å². The van der Waals surface area contributed by atoms with Gasteiger partial charge in [0.05, 0.1) is 17.2 Å². The Balaban J connectivity index is 2.29. The summed E-state index contributed by atoms with van der Waals surface area (Å²) >= 11 is 0. The smallest absolute Gasteiger partial charge is 0.418 e. The lowest BCUT2D eigenvalue weighted by atomic mass is 10.0. The highest BCUT2D eigenvalue weighted by atomic mass is 19.4. The van der Waals surface area contributed by atoms with Gasteiger partial charge in [-0.25, -0.2) is 4.79 Å². The Morgan fingerprint density at radius 1 is 1.24 bits per heavy atom. The number of aromatic carboxylic acids is 1. The highest BCUT2D eigenvalue weighted by Gasteiger charge is 2.35. The fourth-order valence-electron chi connectivity index (χ4n) is 3.31. The van der Waals surface area contributed by atoms with E-state index >= 15 is 0 Å². The lowest BCUT2D eigenvalue weighted by molar-refractivity contribution is -0.138. The van der Waals surface area contributed by atoms with E-state index in [0.29, 0.717) is 16.6 Å². The van der Waals surface area contributed by atoms with Crippen LogP contribution in [-0.4, -0.2) is 20.6 Å². The van der Waals surface area contributed by atoms with E-state index in [1.807, 2.05) is 0 Å². The summed E-state index contributed by atoms with van der Waals surface area (Å²) in [7, 11) is 0. The van der Waals surface area contributed by atoms with Crippen LogP contribution in [0.15, 0.2) is 42.7 Å². The number of aromatic nitrogens is 2. The molecule has 130 valence electrons. The number of halogens is 3. The molecule has 0 spiro atoms. The Morgan fingerprint density at radius 3 is 2.56 bits per heavy atom. The van der Waals surface area contributed by atoms with Crippen LogP contribution in [0.25, 0.3) is 10.9 Å². The molecule has 0 fully saturated rings. The minimum atomic E-state index is -4.54. The van der Waals surface area contributed by atoms with E-state index in [4.69, 9.17) is 0 Å². The number of carboxylic acids is 1. The Bertz CT molecular complexity index is 961. The van der Waals surface area contributed by atoms with Crippen LogP contribution in [0.3, 0.4) is 0 Å². The molecule has 1 N–H and O–H groups in total. The van der Waals surface area contributed by atoms with Crippen molar-refractivity contribution in [3.8, 4) is 0 Å². The Kier molecular flexibility index (Phi) is 4.02. The van der Waals surface area contributed by atoms with E-state index in [0.717, 1.165) is 6.20 Å². The van der Waals surface area contributed by atoms with Gasteiger partial charge >= 0.3 is 12.1 Å².